The maximum atomic E-state index is 12.8. The van der Waals surface area contributed by atoms with Crippen LogP contribution in [0, 0.1) is 10.1 Å². The minimum absolute atomic E-state index is 0.0412. The fourth-order valence-corrected chi connectivity index (χ4v) is 3.23. The van der Waals surface area contributed by atoms with Gasteiger partial charge < -0.3 is 14.4 Å². The maximum Gasteiger partial charge on any atom is 0.328 e. The van der Waals surface area contributed by atoms with Crippen molar-refractivity contribution in [2.45, 2.75) is 19.0 Å². The summed E-state index contributed by atoms with van der Waals surface area (Å²) < 4.78 is 10.3. The van der Waals surface area contributed by atoms with Crippen LogP contribution in [0.1, 0.15) is 21.5 Å². The average molecular weight is 398 g/mol. The first-order valence-corrected chi connectivity index (χ1v) is 8.75. The molecule has 0 unspecified atom stereocenters. The number of hydrogen-bond donors (Lipinski definition) is 0. The second-order valence-corrected chi connectivity index (χ2v) is 6.42. The predicted molar refractivity (Wildman–Crippen MR) is 100 cm³/mol. The SMILES string of the molecule is COC(=O)[C@H]1Cc2ccccc2CN1C(=O)COc1ccc([N+](=O)[O-])cc1C=O. The number of non-ortho nitro benzene ring substituents is 1. The number of nitro groups is 1. The Morgan fingerprint density at radius 2 is 1.97 bits per heavy atom. The van der Waals surface area contributed by atoms with Crippen LogP contribution in [0.3, 0.4) is 0 Å². The Labute approximate surface area is 166 Å². The third-order valence-electron chi connectivity index (χ3n) is 4.72. The molecule has 2 aromatic rings. The van der Waals surface area contributed by atoms with E-state index >= 15 is 0 Å². The molecule has 0 radical (unpaired) electrons. The van der Waals surface area contributed by atoms with Gasteiger partial charge in [0.05, 0.1) is 17.6 Å². The number of amides is 1. The molecule has 1 aliphatic heterocycles. The molecule has 0 aliphatic carbocycles. The van der Waals surface area contributed by atoms with E-state index in [0.717, 1.165) is 17.2 Å². The number of benzene rings is 2. The lowest BCUT2D eigenvalue weighted by atomic mass is 9.94. The summed E-state index contributed by atoms with van der Waals surface area (Å²) in [6.45, 7) is -0.215. The van der Waals surface area contributed by atoms with Gasteiger partial charge in [0.25, 0.3) is 11.6 Å². The van der Waals surface area contributed by atoms with E-state index in [-0.39, 0.29) is 23.5 Å². The van der Waals surface area contributed by atoms with Crippen molar-refractivity contribution in [2.24, 2.45) is 0 Å². The molecule has 2 aromatic carbocycles. The molecule has 0 aromatic heterocycles. The van der Waals surface area contributed by atoms with Crippen molar-refractivity contribution in [3.8, 4) is 5.75 Å². The average Bonchev–Trinajstić information content (AvgIpc) is 2.75. The Hall–Kier alpha value is -3.75. The van der Waals surface area contributed by atoms with Crippen LogP contribution in [0.4, 0.5) is 5.69 Å². The minimum atomic E-state index is -0.784. The predicted octanol–water partition coefficient (Wildman–Crippen LogP) is 1.91. The Kier molecular flexibility index (Phi) is 5.87. The van der Waals surface area contributed by atoms with Gasteiger partial charge in [-0.2, -0.15) is 0 Å². The third kappa shape index (κ3) is 4.23. The molecule has 29 heavy (non-hydrogen) atoms. The van der Waals surface area contributed by atoms with Gasteiger partial charge >= 0.3 is 5.97 Å². The topological polar surface area (TPSA) is 116 Å². The standard InChI is InChI=1S/C20H18N2O7/c1-28-20(25)17-9-13-4-2-3-5-14(13)10-21(17)19(24)12-29-18-7-6-16(22(26)27)8-15(18)11-23/h2-8,11,17H,9-10,12H2,1H3/t17-/m1/s1. The Morgan fingerprint density at radius 1 is 1.24 bits per heavy atom. The van der Waals surface area contributed by atoms with E-state index in [9.17, 15) is 24.5 Å². The van der Waals surface area contributed by atoms with E-state index in [2.05, 4.69) is 0 Å². The Bertz CT molecular complexity index is 973. The molecular formula is C20H18N2O7. The minimum Gasteiger partial charge on any atom is -0.483 e. The van der Waals surface area contributed by atoms with E-state index < -0.39 is 29.4 Å². The summed E-state index contributed by atoms with van der Waals surface area (Å²) >= 11 is 0. The van der Waals surface area contributed by atoms with E-state index in [4.69, 9.17) is 9.47 Å². The van der Waals surface area contributed by atoms with Crippen LogP contribution in [-0.2, 0) is 27.3 Å². The summed E-state index contributed by atoms with van der Waals surface area (Å²) in [5.74, 6) is -0.951. The molecule has 9 nitrogen and oxygen atoms in total. The number of fused-ring (bicyclic) bond motifs is 1. The third-order valence-corrected chi connectivity index (χ3v) is 4.72. The highest BCUT2D eigenvalue weighted by atomic mass is 16.6. The summed E-state index contributed by atoms with van der Waals surface area (Å²) in [5, 5.41) is 10.8. The zero-order valence-electron chi connectivity index (χ0n) is 15.6. The lowest BCUT2D eigenvalue weighted by molar-refractivity contribution is -0.384. The molecule has 9 heteroatoms. The van der Waals surface area contributed by atoms with E-state index in [1.807, 2.05) is 24.3 Å². The van der Waals surface area contributed by atoms with Crippen LogP contribution in [0.2, 0.25) is 0 Å². The van der Waals surface area contributed by atoms with Crippen LogP contribution in [-0.4, -0.2) is 47.7 Å². The molecule has 0 spiro atoms. The first kappa shape index (κ1) is 20.0. The number of aldehydes is 1. The highest BCUT2D eigenvalue weighted by Crippen LogP contribution is 2.26. The molecule has 0 bridgehead atoms. The Morgan fingerprint density at radius 3 is 2.62 bits per heavy atom. The number of rotatable bonds is 6. The van der Waals surface area contributed by atoms with Crippen molar-refractivity contribution in [1.82, 2.24) is 4.90 Å². The summed E-state index contributed by atoms with van der Waals surface area (Å²) in [4.78, 5) is 47.8. The number of methoxy groups -OCH3 is 1. The zero-order chi connectivity index (χ0) is 21.0. The quantitative estimate of drug-likeness (QED) is 0.316. The summed E-state index contributed by atoms with van der Waals surface area (Å²) in [6, 6.07) is 10.2. The molecule has 150 valence electrons. The monoisotopic (exact) mass is 398 g/mol. The maximum absolute atomic E-state index is 12.8. The van der Waals surface area contributed by atoms with Gasteiger partial charge in [-0.15, -0.1) is 0 Å². The van der Waals surface area contributed by atoms with Gasteiger partial charge in [0.2, 0.25) is 0 Å². The second-order valence-electron chi connectivity index (χ2n) is 6.42. The first-order valence-electron chi connectivity index (χ1n) is 8.75. The molecule has 1 atom stereocenters. The fraction of sp³-hybridized carbons (Fsp3) is 0.250. The number of carbonyl (C=O) groups excluding carboxylic acids is 3. The van der Waals surface area contributed by atoms with Crippen LogP contribution in [0.25, 0.3) is 0 Å². The highest BCUT2D eigenvalue weighted by molar-refractivity contribution is 5.86. The van der Waals surface area contributed by atoms with Crippen molar-refractivity contribution in [2.75, 3.05) is 13.7 Å². The molecule has 0 saturated heterocycles. The van der Waals surface area contributed by atoms with Crippen molar-refractivity contribution in [1.29, 1.82) is 0 Å². The fourth-order valence-electron chi connectivity index (χ4n) is 3.23. The molecule has 0 fully saturated rings. The molecular weight excluding hydrogens is 380 g/mol. The normalized spacial score (nSPS) is 15.2. The molecule has 0 saturated carbocycles. The van der Waals surface area contributed by atoms with Gasteiger partial charge in [0, 0.05) is 25.1 Å². The van der Waals surface area contributed by atoms with E-state index in [1.54, 1.807) is 0 Å². The lowest BCUT2D eigenvalue weighted by Gasteiger charge is -2.35. The smallest absolute Gasteiger partial charge is 0.328 e. The summed E-state index contributed by atoms with van der Waals surface area (Å²) in [6.07, 6.45) is 0.743. The molecule has 1 heterocycles. The number of hydrogen-bond acceptors (Lipinski definition) is 7. The largest absolute Gasteiger partial charge is 0.483 e. The molecule has 0 N–H and O–H groups in total. The summed E-state index contributed by atoms with van der Waals surface area (Å²) in [5.41, 5.74) is 1.58. The number of nitro benzene ring substituents is 1. The van der Waals surface area contributed by atoms with Gasteiger partial charge in [-0.1, -0.05) is 24.3 Å². The van der Waals surface area contributed by atoms with Crippen LogP contribution in [0.15, 0.2) is 42.5 Å². The second kappa shape index (κ2) is 8.51. The number of esters is 1. The van der Waals surface area contributed by atoms with Crippen LogP contribution < -0.4 is 4.74 Å². The molecule has 1 amide bonds. The van der Waals surface area contributed by atoms with Gasteiger partial charge in [0.1, 0.15) is 11.8 Å². The van der Waals surface area contributed by atoms with E-state index in [1.165, 1.54) is 24.1 Å². The molecule has 1 aliphatic rings. The van der Waals surface area contributed by atoms with Gasteiger partial charge in [-0.25, -0.2) is 4.79 Å². The Balaban J connectivity index is 1.78. The highest BCUT2D eigenvalue weighted by Gasteiger charge is 2.35. The van der Waals surface area contributed by atoms with Crippen molar-refractivity contribution in [3.63, 3.8) is 0 Å². The lowest BCUT2D eigenvalue weighted by Crippen LogP contribution is -2.50. The first-order chi connectivity index (χ1) is 13.9. The molecule has 3 rings (SSSR count). The van der Waals surface area contributed by atoms with Crippen molar-refractivity contribution < 1.29 is 28.8 Å². The number of ether oxygens (including phenoxy) is 2. The van der Waals surface area contributed by atoms with E-state index in [0.29, 0.717) is 12.7 Å². The van der Waals surface area contributed by atoms with Gasteiger partial charge in [-0.05, 0) is 17.2 Å². The zero-order valence-corrected chi connectivity index (χ0v) is 15.6. The number of nitrogens with zero attached hydrogens (tertiary/aromatic N) is 2. The van der Waals surface area contributed by atoms with Gasteiger partial charge in [0.15, 0.2) is 12.9 Å². The number of carbonyl (C=O) groups is 3. The van der Waals surface area contributed by atoms with Crippen LogP contribution in [0.5, 0.6) is 5.75 Å². The van der Waals surface area contributed by atoms with Crippen molar-refractivity contribution >= 4 is 23.9 Å². The summed E-state index contributed by atoms with van der Waals surface area (Å²) in [7, 11) is 1.26. The van der Waals surface area contributed by atoms with Gasteiger partial charge in [-0.3, -0.25) is 19.7 Å². The van der Waals surface area contributed by atoms with Crippen LogP contribution >= 0.6 is 0 Å². The van der Waals surface area contributed by atoms with Crippen molar-refractivity contribution in [3.05, 3.63) is 69.3 Å².